The number of anilines is 2. The Morgan fingerprint density at radius 3 is 2.85 bits per heavy atom. The molecule has 106 valence electrons. The van der Waals surface area contributed by atoms with Crippen LogP contribution in [0.2, 0.25) is 0 Å². The number of nitrogens with zero attached hydrogens (tertiary/aromatic N) is 4. The van der Waals surface area contributed by atoms with E-state index in [-0.39, 0.29) is 0 Å². The normalized spacial score (nSPS) is 21.4. The standard InChI is InChI=1S/C12H17N7S/c13-8-3-7(4-8)9-5-10(17-6-16-9)15-2-1-11-18-19-12(14)20-11/h5-8H,1-4,13H2,(H2,14,19)(H,15,16,17). The van der Waals surface area contributed by atoms with Crippen LogP contribution >= 0.6 is 11.3 Å². The predicted octanol–water partition coefficient (Wildman–Crippen LogP) is 0.770. The molecule has 20 heavy (non-hydrogen) atoms. The van der Waals surface area contributed by atoms with Crippen molar-refractivity contribution in [2.75, 3.05) is 17.6 Å². The Labute approximate surface area is 120 Å². The summed E-state index contributed by atoms with van der Waals surface area (Å²) in [5, 5.41) is 12.5. The van der Waals surface area contributed by atoms with Gasteiger partial charge in [-0.25, -0.2) is 9.97 Å². The first-order valence-electron chi connectivity index (χ1n) is 6.60. The van der Waals surface area contributed by atoms with Gasteiger partial charge in [-0.1, -0.05) is 11.3 Å². The number of rotatable bonds is 5. The summed E-state index contributed by atoms with van der Waals surface area (Å²) in [7, 11) is 0. The van der Waals surface area contributed by atoms with E-state index in [1.807, 2.05) is 6.07 Å². The van der Waals surface area contributed by atoms with Crippen molar-refractivity contribution < 1.29 is 0 Å². The molecule has 1 aliphatic carbocycles. The molecule has 1 saturated carbocycles. The predicted molar refractivity (Wildman–Crippen MR) is 78.5 cm³/mol. The van der Waals surface area contributed by atoms with Gasteiger partial charge in [0, 0.05) is 36.7 Å². The third-order valence-electron chi connectivity index (χ3n) is 3.41. The molecular formula is C12H17N7S. The smallest absolute Gasteiger partial charge is 0.203 e. The Morgan fingerprint density at radius 2 is 2.15 bits per heavy atom. The molecule has 0 amide bonds. The Morgan fingerprint density at radius 1 is 1.30 bits per heavy atom. The second-order valence-electron chi connectivity index (χ2n) is 4.97. The van der Waals surface area contributed by atoms with Crippen LogP contribution in [0.5, 0.6) is 0 Å². The Kier molecular flexibility index (Phi) is 3.75. The van der Waals surface area contributed by atoms with Crippen molar-refractivity contribution in [2.24, 2.45) is 5.73 Å². The molecule has 0 atom stereocenters. The van der Waals surface area contributed by atoms with Gasteiger partial charge in [-0.15, -0.1) is 10.2 Å². The summed E-state index contributed by atoms with van der Waals surface area (Å²) in [6.45, 7) is 0.745. The third-order valence-corrected chi connectivity index (χ3v) is 4.22. The van der Waals surface area contributed by atoms with Crippen molar-refractivity contribution in [3.63, 3.8) is 0 Å². The first kappa shape index (κ1) is 13.2. The van der Waals surface area contributed by atoms with Crippen LogP contribution in [0, 0.1) is 0 Å². The summed E-state index contributed by atoms with van der Waals surface area (Å²) >= 11 is 1.41. The van der Waals surface area contributed by atoms with E-state index in [1.54, 1.807) is 6.33 Å². The molecule has 5 N–H and O–H groups in total. The molecule has 0 aliphatic heterocycles. The molecule has 1 fully saturated rings. The Bertz CT molecular complexity index is 579. The zero-order valence-electron chi connectivity index (χ0n) is 11.0. The minimum Gasteiger partial charge on any atom is -0.374 e. The number of aromatic nitrogens is 4. The first-order valence-corrected chi connectivity index (χ1v) is 7.41. The molecular weight excluding hydrogens is 274 g/mol. The lowest BCUT2D eigenvalue weighted by molar-refractivity contribution is 0.345. The van der Waals surface area contributed by atoms with Gasteiger partial charge < -0.3 is 16.8 Å². The minimum atomic E-state index is 0.328. The second kappa shape index (κ2) is 5.68. The van der Waals surface area contributed by atoms with E-state index < -0.39 is 0 Å². The maximum atomic E-state index is 5.81. The van der Waals surface area contributed by atoms with Gasteiger partial charge in [0.1, 0.15) is 17.2 Å². The molecule has 3 rings (SSSR count). The Balaban J connectivity index is 1.53. The van der Waals surface area contributed by atoms with Crippen LogP contribution in [-0.4, -0.2) is 32.8 Å². The van der Waals surface area contributed by atoms with Crippen molar-refractivity contribution in [3.8, 4) is 0 Å². The van der Waals surface area contributed by atoms with Crippen molar-refractivity contribution in [1.29, 1.82) is 0 Å². The summed E-state index contributed by atoms with van der Waals surface area (Å²) in [6.07, 6.45) is 4.41. The molecule has 7 nitrogen and oxygen atoms in total. The lowest BCUT2D eigenvalue weighted by Crippen LogP contribution is -2.35. The van der Waals surface area contributed by atoms with E-state index in [4.69, 9.17) is 11.5 Å². The SMILES string of the molecule is Nc1nnc(CCNc2cc(C3CC(N)C3)ncn2)s1. The zero-order valence-corrected chi connectivity index (χ0v) is 11.8. The largest absolute Gasteiger partial charge is 0.374 e. The van der Waals surface area contributed by atoms with Crippen molar-refractivity contribution in [2.45, 2.75) is 31.2 Å². The van der Waals surface area contributed by atoms with E-state index >= 15 is 0 Å². The minimum absolute atomic E-state index is 0.328. The number of nitrogens with one attached hydrogen (secondary N) is 1. The molecule has 2 heterocycles. The van der Waals surface area contributed by atoms with Gasteiger partial charge in [0.05, 0.1) is 0 Å². The molecule has 2 aromatic rings. The van der Waals surface area contributed by atoms with E-state index in [9.17, 15) is 0 Å². The lowest BCUT2D eigenvalue weighted by Gasteiger charge is -2.31. The lowest BCUT2D eigenvalue weighted by atomic mass is 9.79. The number of nitrogens with two attached hydrogens (primary N) is 2. The maximum Gasteiger partial charge on any atom is 0.203 e. The molecule has 2 aromatic heterocycles. The fraction of sp³-hybridized carbons (Fsp3) is 0.500. The summed E-state index contributed by atoms with van der Waals surface area (Å²) in [6, 6.07) is 2.33. The van der Waals surface area contributed by atoms with E-state index in [2.05, 4.69) is 25.5 Å². The van der Waals surface area contributed by atoms with Gasteiger partial charge in [0.25, 0.3) is 0 Å². The summed E-state index contributed by atoms with van der Waals surface area (Å²) < 4.78 is 0. The van der Waals surface area contributed by atoms with Gasteiger partial charge in [0.15, 0.2) is 0 Å². The van der Waals surface area contributed by atoms with Crippen molar-refractivity contribution in [3.05, 3.63) is 23.1 Å². The highest BCUT2D eigenvalue weighted by Crippen LogP contribution is 2.34. The van der Waals surface area contributed by atoms with Crippen molar-refractivity contribution >= 4 is 22.3 Å². The van der Waals surface area contributed by atoms with Gasteiger partial charge in [-0.3, -0.25) is 0 Å². The van der Waals surface area contributed by atoms with Gasteiger partial charge in [-0.05, 0) is 12.8 Å². The monoisotopic (exact) mass is 291 g/mol. The topological polar surface area (TPSA) is 116 Å². The van der Waals surface area contributed by atoms with Crippen LogP contribution in [0.3, 0.4) is 0 Å². The number of nitrogen functional groups attached to an aromatic ring is 1. The molecule has 8 heteroatoms. The summed E-state index contributed by atoms with van der Waals surface area (Å²) in [4.78, 5) is 8.55. The number of hydrogen-bond donors (Lipinski definition) is 3. The Hall–Kier alpha value is -1.80. The summed E-state index contributed by atoms with van der Waals surface area (Å²) in [5.41, 5.74) is 12.4. The summed E-state index contributed by atoms with van der Waals surface area (Å²) in [5.74, 6) is 1.32. The van der Waals surface area contributed by atoms with Crippen LogP contribution in [0.25, 0.3) is 0 Å². The molecule has 0 saturated heterocycles. The molecule has 0 unspecified atom stereocenters. The van der Waals surface area contributed by atoms with Gasteiger partial charge >= 0.3 is 0 Å². The van der Waals surface area contributed by atoms with Crippen LogP contribution < -0.4 is 16.8 Å². The van der Waals surface area contributed by atoms with Crippen LogP contribution in [0.1, 0.15) is 29.5 Å². The van der Waals surface area contributed by atoms with Crippen LogP contribution in [0.15, 0.2) is 12.4 Å². The highest BCUT2D eigenvalue weighted by molar-refractivity contribution is 7.15. The average Bonchev–Trinajstić information content (AvgIpc) is 2.81. The third kappa shape index (κ3) is 3.02. The highest BCUT2D eigenvalue weighted by atomic mass is 32.1. The fourth-order valence-corrected chi connectivity index (χ4v) is 2.87. The second-order valence-corrected chi connectivity index (χ2v) is 6.06. The van der Waals surface area contributed by atoms with Gasteiger partial charge in [0.2, 0.25) is 5.13 Å². The average molecular weight is 291 g/mol. The fourth-order valence-electron chi connectivity index (χ4n) is 2.26. The molecule has 0 radical (unpaired) electrons. The van der Waals surface area contributed by atoms with Gasteiger partial charge in [-0.2, -0.15) is 0 Å². The van der Waals surface area contributed by atoms with E-state index in [0.717, 1.165) is 42.3 Å². The quantitative estimate of drug-likeness (QED) is 0.745. The van der Waals surface area contributed by atoms with E-state index in [1.165, 1.54) is 11.3 Å². The van der Waals surface area contributed by atoms with Crippen molar-refractivity contribution in [1.82, 2.24) is 20.2 Å². The van der Waals surface area contributed by atoms with Crippen LogP contribution in [0.4, 0.5) is 10.9 Å². The molecule has 0 bridgehead atoms. The highest BCUT2D eigenvalue weighted by Gasteiger charge is 2.28. The number of hydrogen-bond acceptors (Lipinski definition) is 8. The molecule has 0 spiro atoms. The zero-order chi connectivity index (χ0) is 13.9. The molecule has 1 aliphatic rings. The van der Waals surface area contributed by atoms with Crippen LogP contribution in [-0.2, 0) is 6.42 Å². The maximum absolute atomic E-state index is 5.81. The van der Waals surface area contributed by atoms with E-state index in [0.29, 0.717) is 17.1 Å². The molecule has 0 aromatic carbocycles. The first-order chi connectivity index (χ1) is 9.70.